The summed E-state index contributed by atoms with van der Waals surface area (Å²) in [7, 11) is -3.52. The van der Waals surface area contributed by atoms with Gasteiger partial charge in [0, 0.05) is 17.0 Å². The van der Waals surface area contributed by atoms with Crippen LogP contribution in [0.25, 0.3) is 6.08 Å². The van der Waals surface area contributed by atoms with E-state index in [9.17, 15) is 13.5 Å². The number of hydrogen-bond acceptors (Lipinski definition) is 3. The van der Waals surface area contributed by atoms with Crippen LogP contribution in [-0.2, 0) is 10.0 Å². The molecule has 0 atom stereocenters. The first-order chi connectivity index (χ1) is 8.89. The summed E-state index contributed by atoms with van der Waals surface area (Å²) in [5.74, 6) is 0. The second-order valence-corrected chi connectivity index (χ2v) is 6.89. The van der Waals surface area contributed by atoms with Gasteiger partial charge in [0.25, 0.3) is 0 Å². The maximum absolute atomic E-state index is 11.7. The number of nitrogens with one attached hydrogen (secondary N) is 1. The lowest BCUT2D eigenvalue weighted by Gasteiger charge is -2.36. The van der Waals surface area contributed by atoms with Gasteiger partial charge >= 0.3 is 0 Å². The minimum absolute atomic E-state index is 0.0697. The Morgan fingerprint density at radius 3 is 2.47 bits per heavy atom. The van der Waals surface area contributed by atoms with Crippen LogP contribution in [0, 0.1) is 0 Å². The Morgan fingerprint density at radius 1 is 1.32 bits per heavy atom. The van der Waals surface area contributed by atoms with Crippen LogP contribution in [0.15, 0.2) is 29.7 Å². The van der Waals surface area contributed by atoms with Crippen molar-refractivity contribution in [1.82, 2.24) is 4.72 Å². The summed E-state index contributed by atoms with van der Waals surface area (Å²) in [6, 6.07) is 6.85. The second kappa shape index (κ2) is 5.63. The molecule has 2 rings (SSSR count). The highest BCUT2D eigenvalue weighted by molar-refractivity contribution is 7.92. The molecule has 1 fully saturated rings. The van der Waals surface area contributed by atoms with Crippen LogP contribution in [0.3, 0.4) is 0 Å². The summed E-state index contributed by atoms with van der Waals surface area (Å²) < 4.78 is 25.8. The van der Waals surface area contributed by atoms with E-state index in [0.29, 0.717) is 17.9 Å². The van der Waals surface area contributed by atoms with Gasteiger partial charge < -0.3 is 5.11 Å². The van der Waals surface area contributed by atoms with Crippen molar-refractivity contribution in [3.63, 3.8) is 0 Å². The smallest absolute Gasteiger partial charge is 0.233 e. The Kier molecular flexibility index (Phi) is 4.30. The molecule has 19 heavy (non-hydrogen) atoms. The number of benzene rings is 1. The molecule has 0 heterocycles. The van der Waals surface area contributed by atoms with Gasteiger partial charge in [-0.05, 0) is 43.0 Å². The van der Waals surface area contributed by atoms with E-state index in [-0.39, 0.29) is 6.54 Å². The summed E-state index contributed by atoms with van der Waals surface area (Å²) >= 11 is 5.74. The fourth-order valence-corrected chi connectivity index (χ4v) is 2.82. The van der Waals surface area contributed by atoms with Crippen LogP contribution in [-0.4, -0.2) is 25.7 Å². The highest BCUT2D eigenvalue weighted by Gasteiger charge is 2.34. The predicted molar refractivity (Wildman–Crippen MR) is 76.2 cm³/mol. The zero-order valence-corrected chi connectivity index (χ0v) is 11.9. The molecule has 1 aromatic rings. The molecule has 104 valence electrons. The third kappa shape index (κ3) is 4.31. The van der Waals surface area contributed by atoms with Crippen molar-refractivity contribution < 1.29 is 13.5 Å². The molecule has 0 aliphatic heterocycles. The van der Waals surface area contributed by atoms with Gasteiger partial charge in [0.05, 0.1) is 5.60 Å². The molecule has 4 nitrogen and oxygen atoms in total. The van der Waals surface area contributed by atoms with Gasteiger partial charge in [-0.25, -0.2) is 13.1 Å². The van der Waals surface area contributed by atoms with E-state index in [2.05, 4.69) is 4.72 Å². The van der Waals surface area contributed by atoms with Crippen LogP contribution < -0.4 is 4.72 Å². The van der Waals surface area contributed by atoms with Gasteiger partial charge in [0.15, 0.2) is 0 Å². The average Bonchev–Trinajstić information content (AvgIpc) is 2.34. The Labute approximate surface area is 118 Å². The largest absolute Gasteiger partial charge is 0.389 e. The third-order valence-electron chi connectivity index (χ3n) is 3.20. The minimum Gasteiger partial charge on any atom is -0.389 e. The molecule has 0 saturated heterocycles. The number of aliphatic hydroxyl groups is 1. The molecule has 6 heteroatoms. The van der Waals surface area contributed by atoms with Crippen LogP contribution in [0.2, 0.25) is 5.02 Å². The van der Waals surface area contributed by atoms with Crippen molar-refractivity contribution in [1.29, 1.82) is 0 Å². The average molecular weight is 302 g/mol. The zero-order valence-electron chi connectivity index (χ0n) is 10.3. The zero-order chi connectivity index (χ0) is 13.9. The molecule has 2 N–H and O–H groups in total. The Bertz CT molecular complexity index is 562. The van der Waals surface area contributed by atoms with E-state index < -0.39 is 15.6 Å². The predicted octanol–water partition coefficient (Wildman–Crippen LogP) is 2.15. The summed E-state index contributed by atoms with van der Waals surface area (Å²) in [6.45, 7) is 0.0697. The molecule has 1 aromatic carbocycles. The summed E-state index contributed by atoms with van der Waals surface area (Å²) in [5, 5.41) is 11.5. The quantitative estimate of drug-likeness (QED) is 0.875. The minimum atomic E-state index is -3.52. The van der Waals surface area contributed by atoms with E-state index in [4.69, 9.17) is 11.6 Å². The summed E-state index contributed by atoms with van der Waals surface area (Å²) in [4.78, 5) is 0. The lowest BCUT2D eigenvalue weighted by Crippen LogP contribution is -2.47. The van der Waals surface area contributed by atoms with Gasteiger partial charge in [0.1, 0.15) is 0 Å². The van der Waals surface area contributed by atoms with Crippen LogP contribution in [0.1, 0.15) is 24.8 Å². The van der Waals surface area contributed by atoms with Crippen molar-refractivity contribution in [2.45, 2.75) is 24.9 Å². The van der Waals surface area contributed by atoms with Crippen molar-refractivity contribution in [3.05, 3.63) is 40.3 Å². The van der Waals surface area contributed by atoms with Gasteiger partial charge in [0.2, 0.25) is 10.0 Å². The van der Waals surface area contributed by atoms with E-state index in [0.717, 1.165) is 17.4 Å². The Hall–Kier alpha value is -0.880. The fourth-order valence-electron chi connectivity index (χ4n) is 1.79. The normalized spacial score (nSPS) is 18.4. The Balaban J connectivity index is 1.94. The summed E-state index contributed by atoms with van der Waals surface area (Å²) in [6.07, 6.45) is 3.73. The number of rotatable bonds is 5. The molecule has 0 bridgehead atoms. The highest BCUT2D eigenvalue weighted by Crippen LogP contribution is 2.30. The molecule has 1 aliphatic rings. The van der Waals surface area contributed by atoms with Crippen molar-refractivity contribution in [3.8, 4) is 0 Å². The molecular weight excluding hydrogens is 286 g/mol. The lowest BCUT2D eigenvalue weighted by atomic mass is 9.81. The first-order valence-electron chi connectivity index (χ1n) is 6.04. The van der Waals surface area contributed by atoms with Gasteiger partial charge in [-0.1, -0.05) is 23.7 Å². The maximum atomic E-state index is 11.7. The van der Waals surface area contributed by atoms with Gasteiger partial charge in [-0.2, -0.15) is 0 Å². The SMILES string of the molecule is O=S(=O)(/C=C/c1ccc(Cl)cc1)NCC1(O)CCC1. The first-order valence-corrected chi connectivity index (χ1v) is 7.97. The molecule has 1 saturated carbocycles. The Morgan fingerprint density at radius 2 is 1.95 bits per heavy atom. The van der Waals surface area contributed by atoms with Crippen molar-refractivity contribution in [2.75, 3.05) is 6.54 Å². The molecule has 1 aliphatic carbocycles. The number of hydrogen-bond donors (Lipinski definition) is 2. The van der Waals surface area contributed by atoms with Crippen LogP contribution >= 0.6 is 11.6 Å². The molecule has 0 unspecified atom stereocenters. The molecule has 0 spiro atoms. The second-order valence-electron chi connectivity index (χ2n) is 4.80. The first kappa shape index (κ1) is 14.5. The molecule has 0 radical (unpaired) electrons. The monoisotopic (exact) mass is 301 g/mol. The molecular formula is C13H16ClNO3S. The number of sulfonamides is 1. The van der Waals surface area contributed by atoms with Crippen LogP contribution in [0.5, 0.6) is 0 Å². The maximum Gasteiger partial charge on any atom is 0.233 e. The van der Waals surface area contributed by atoms with Crippen molar-refractivity contribution in [2.24, 2.45) is 0 Å². The molecule has 0 aromatic heterocycles. The van der Waals surface area contributed by atoms with Gasteiger partial charge in [-0.3, -0.25) is 0 Å². The van der Waals surface area contributed by atoms with E-state index in [1.165, 1.54) is 6.08 Å². The van der Waals surface area contributed by atoms with Gasteiger partial charge in [-0.15, -0.1) is 0 Å². The van der Waals surface area contributed by atoms with Crippen molar-refractivity contribution >= 4 is 27.7 Å². The summed E-state index contributed by atoms with van der Waals surface area (Å²) in [5.41, 5.74) is -0.113. The topological polar surface area (TPSA) is 66.4 Å². The third-order valence-corrected chi connectivity index (χ3v) is 4.49. The lowest BCUT2D eigenvalue weighted by molar-refractivity contribution is -0.0270. The molecule has 0 amide bonds. The van der Waals surface area contributed by atoms with E-state index in [1.54, 1.807) is 24.3 Å². The standard InChI is InChI=1S/C13H16ClNO3S/c14-12-4-2-11(3-5-12)6-9-19(17,18)15-10-13(16)7-1-8-13/h2-6,9,15-16H,1,7-8,10H2/b9-6+. The number of halogens is 1. The highest BCUT2D eigenvalue weighted by atomic mass is 35.5. The van der Waals surface area contributed by atoms with E-state index in [1.807, 2.05) is 0 Å². The fraction of sp³-hybridized carbons (Fsp3) is 0.385. The van der Waals surface area contributed by atoms with Crippen LogP contribution in [0.4, 0.5) is 0 Å². The van der Waals surface area contributed by atoms with E-state index >= 15 is 0 Å².